The number of halogens is 2. The molecule has 2 N–H and O–H groups in total. The van der Waals surface area contributed by atoms with Gasteiger partial charge in [-0.15, -0.1) is 0 Å². The number of nitrogens with two attached hydrogens (primary N) is 1. The van der Waals surface area contributed by atoms with Crippen LogP contribution in [0.25, 0.3) is 0 Å². The van der Waals surface area contributed by atoms with Crippen LogP contribution in [-0.4, -0.2) is 6.54 Å². The van der Waals surface area contributed by atoms with Gasteiger partial charge in [0.1, 0.15) is 5.82 Å². The maximum atomic E-state index is 13.5. The van der Waals surface area contributed by atoms with Crippen molar-refractivity contribution in [1.29, 1.82) is 0 Å². The number of hydrogen-bond acceptors (Lipinski definition) is 1. The maximum absolute atomic E-state index is 13.5. The largest absolute Gasteiger partial charge is 0.330 e. The van der Waals surface area contributed by atoms with Crippen LogP contribution in [-0.2, 0) is 0 Å². The quantitative estimate of drug-likeness (QED) is 0.894. The van der Waals surface area contributed by atoms with Gasteiger partial charge in [-0.2, -0.15) is 0 Å². The van der Waals surface area contributed by atoms with Crippen molar-refractivity contribution in [2.24, 2.45) is 5.73 Å². The molecule has 84 valence electrons. The first-order valence-corrected chi connectivity index (χ1v) is 5.93. The molecule has 0 spiro atoms. The third kappa shape index (κ3) is 2.58. The zero-order valence-electron chi connectivity index (χ0n) is 9.40. The molecule has 1 nitrogen and oxygen atoms in total. The molecular weight excluding hydrogens is 257 g/mol. The topological polar surface area (TPSA) is 26.0 Å². The predicted molar refractivity (Wildman–Crippen MR) is 65.7 cm³/mol. The molecule has 0 heterocycles. The molecule has 0 aliphatic rings. The average molecular weight is 274 g/mol. The Morgan fingerprint density at radius 1 is 1.47 bits per heavy atom. The van der Waals surface area contributed by atoms with Crippen LogP contribution in [0.1, 0.15) is 36.0 Å². The van der Waals surface area contributed by atoms with E-state index in [2.05, 4.69) is 22.9 Å². The Hall–Kier alpha value is -0.410. The van der Waals surface area contributed by atoms with Gasteiger partial charge in [-0.05, 0) is 71.4 Å². The Balaban J connectivity index is 3.26. The SMILES string of the molecule is Cc1cc(F)c(Br)c(C(C)CCN)c1C. The summed E-state index contributed by atoms with van der Waals surface area (Å²) >= 11 is 3.32. The van der Waals surface area contributed by atoms with E-state index >= 15 is 0 Å². The van der Waals surface area contributed by atoms with Crippen molar-refractivity contribution in [2.45, 2.75) is 33.1 Å². The van der Waals surface area contributed by atoms with Crippen molar-refractivity contribution in [3.05, 3.63) is 33.0 Å². The van der Waals surface area contributed by atoms with Gasteiger partial charge in [0.25, 0.3) is 0 Å². The monoisotopic (exact) mass is 273 g/mol. The number of hydrogen-bond donors (Lipinski definition) is 1. The second-order valence-corrected chi connectivity index (χ2v) is 4.80. The van der Waals surface area contributed by atoms with E-state index in [-0.39, 0.29) is 5.82 Å². The Kier molecular flexibility index (Phi) is 4.29. The molecule has 1 aromatic rings. The molecule has 0 bridgehead atoms. The highest BCUT2D eigenvalue weighted by atomic mass is 79.9. The van der Waals surface area contributed by atoms with Crippen LogP contribution in [0.4, 0.5) is 4.39 Å². The summed E-state index contributed by atoms with van der Waals surface area (Å²) < 4.78 is 14.1. The van der Waals surface area contributed by atoms with Crippen molar-refractivity contribution in [2.75, 3.05) is 6.54 Å². The first-order valence-electron chi connectivity index (χ1n) is 5.14. The minimum atomic E-state index is -0.183. The van der Waals surface area contributed by atoms with Crippen molar-refractivity contribution in [3.8, 4) is 0 Å². The highest BCUT2D eigenvalue weighted by Gasteiger charge is 2.16. The molecule has 3 heteroatoms. The normalized spacial score (nSPS) is 12.9. The van der Waals surface area contributed by atoms with Crippen molar-refractivity contribution in [1.82, 2.24) is 0 Å². The third-order valence-corrected chi connectivity index (χ3v) is 3.68. The van der Waals surface area contributed by atoms with Crippen LogP contribution in [0.2, 0.25) is 0 Å². The van der Waals surface area contributed by atoms with Crippen LogP contribution in [0.15, 0.2) is 10.5 Å². The molecule has 0 fully saturated rings. The molecule has 1 aromatic carbocycles. The molecule has 0 saturated carbocycles. The summed E-state index contributed by atoms with van der Waals surface area (Å²) in [7, 11) is 0. The van der Waals surface area contributed by atoms with Gasteiger partial charge in [0.15, 0.2) is 0 Å². The van der Waals surface area contributed by atoms with Gasteiger partial charge in [-0.1, -0.05) is 6.92 Å². The smallest absolute Gasteiger partial charge is 0.137 e. The average Bonchev–Trinajstić information content (AvgIpc) is 2.16. The van der Waals surface area contributed by atoms with E-state index in [0.717, 1.165) is 23.1 Å². The van der Waals surface area contributed by atoms with E-state index in [1.807, 2.05) is 13.8 Å². The summed E-state index contributed by atoms with van der Waals surface area (Å²) in [6, 6.07) is 1.57. The fourth-order valence-corrected chi connectivity index (χ4v) is 2.65. The molecule has 0 saturated heterocycles. The maximum Gasteiger partial charge on any atom is 0.137 e. The van der Waals surface area contributed by atoms with Crippen LogP contribution in [0.5, 0.6) is 0 Å². The summed E-state index contributed by atoms with van der Waals surface area (Å²) in [5, 5.41) is 0. The molecule has 0 aliphatic carbocycles. The standard InChI is InChI=1S/C12H17BrFN/c1-7(4-5-15)11-9(3)8(2)6-10(14)12(11)13/h6-7H,4-5,15H2,1-3H3. The van der Waals surface area contributed by atoms with Crippen LogP contribution < -0.4 is 5.73 Å². The summed E-state index contributed by atoms with van der Waals surface area (Å²) in [6.07, 6.45) is 0.877. The first kappa shape index (κ1) is 12.7. The molecule has 0 aliphatic heterocycles. The fourth-order valence-electron chi connectivity index (χ4n) is 1.85. The van der Waals surface area contributed by atoms with E-state index in [1.54, 1.807) is 6.07 Å². The molecule has 15 heavy (non-hydrogen) atoms. The van der Waals surface area contributed by atoms with Gasteiger partial charge in [0, 0.05) is 0 Å². The molecular formula is C12H17BrFN. The van der Waals surface area contributed by atoms with Gasteiger partial charge >= 0.3 is 0 Å². The highest BCUT2D eigenvalue weighted by molar-refractivity contribution is 9.10. The van der Waals surface area contributed by atoms with Crippen molar-refractivity contribution < 1.29 is 4.39 Å². The lowest BCUT2D eigenvalue weighted by molar-refractivity contribution is 0.605. The second-order valence-electron chi connectivity index (χ2n) is 4.01. The molecule has 0 radical (unpaired) electrons. The first-order chi connectivity index (χ1) is 6.99. The molecule has 0 amide bonds. The van der Waals surface area contributed by atoms with Crippen molar-refractivity contribution >= 4 is 15.9 Å². The molecule has 1 atom stereocenters. The lowest BCUT2D eigenvalue weighted by Crippen LogP contribution is -2.08. The van der Waals surface area contributed by atoms with E-state index < -0.39 is 0 Å². The van der Waals surface area contributed by atoms with Gasteiger partial charge < -0.3 is 5.73 Å². The fraction of sp³-hybridized carbons (Fsp3) is 0.500. The Labute approximate surface area is 99.0 Å². The Morgan fingerprint density at radius 3 is 2.60 bits per heavy atom. The number of aryl methyl sites for hydroxylation is 1. The summed E-state index contributed by atoms with van der Waals surface area (Å²) in [4.78, 5) is 0. The zero-order valence-corrected chi connectivity index (χ0v) is 11.0. The summed E-state index contributed by atoms with van der Waals surface area (Å²) in [5.41, 5.74) is 8.74. The number of benzene rings is 1. The Bertz CT molecular complexity index is 337. The van der Waals surface area contributed by atoms with Crippen molar-refractivity contribution in [3.63, 3.8) is 0 Å². The van der Waals surface area contributed by atoms with Gasteiger partial charge in [-0.3, -0.25) is 0 Å². The van der Waals surface area contributed by atoms with E-state index in [0.29, 0.717) is 16.9 Å². The van der Waals surface area contributed by atoms with Gasteiger partial charge in [-0.25, -0.2) is 4.39 Å². The van der Waals surface area contributed by atoms with Crippen LogP contribution >= 0.6 is 15.9 Å². The molecule has 1 unspecified atom stereocenters. The lowest BCUT2D eigenvalue weighted by Gasteiger charge is -2.18. The van der Waals surface area contributed by atoms with E-state index in [1.165, 1.54) is 0 Å². The highest BCUT2D eigenvalue weighted by Crippen LogP contribution is 2.33. The Morgan fingerprint density at radius 2 is 2.07 bits per heavy atom. The van der Waals surface area contributed by atoms with E-state index in [9.17, 15) is 4.39 Å². The minimum Gasteiger partial charge on any atom is -0.330 e. The summed E-state index contributed by atoms with van der Waals surface area (Å²) in [5.74, 6) is 0.107. The minimum absolute atomic E-state index is 0.183. The lowest BCUT2D eigenvalue weighted by atomic mass is 9.91. The summed E-state index contributed by atoms with van der Waals surface area (Å²) in [6.45, 7) is 6.67. The molecule has 1 rings (SSSR count). The second kappa shape index (κ2) is 5.08. The van der Waals surface area contributed by atoms with Crippen LogP contribution in [0, 0.1) is 19.7 Å². The zero-order chi connectivity index (χ0) is 11.6. The number of rotatable bonds is 3. The third-order valence-electron chi connectivity index (χ3n) is 2.88. The van der Waals surface area contributed by atoms with Gasteiger partial charge in [0.05, 0.1) is 4.47 Å². The van der Waals surface area contributed by atoms with Crippen LogP contribution in [0.3, 0.4) is 0 Å². The van der Waals surface area contributed by atoms with Gasteiger partial charge in [0.2, 0.25) is 0 Å². The predicted octanol–water partition coefficient (Wildman–Crippen LogP) is 3.66. The van der Waals surface area contributed by atoms with E-state index in [4.69, 9.17) is 5.73 Å². The molecule has 0 aromatic heterocycles.